The number of hydrogen-bond donors (Lipinski definition) is 0. The van der Waals surface area contributed by atoms with Crippen molar-refractivity contribution >= 4 is 23.3 Å². The average Bonchev–Trinajstić information content (AvgIpc) is 3.21. The van der Waals surface area contributed by atoms with Crippen LogP contribution < -0.4 is 0 Å². The van der Waals surface area contributed by atoms with E-state index in [2.05, 4.69) is 4.99 Å². The SMILES string of the molecule is COC(=O)C1C(C)=NC(C)=C(C(=O)O[C@]2(C)CCN(Cc3cc(F)cc(F)c3)C2)[C@H]1c1cccc([N+](=O)[O-])c1. The van der Waals surface area contributed by atoms with Crippen molar-refractivity contribution in [2.75, 3.05) is 20.2 Å². The molecule has 0 radical (unpaired) electrons. The fourth-order valence-electron chi connectivity index (χ4n) is 5.41. The van der Waals surface area contributed by atoms with Gasteiger partial charge in [0.2, 0.25) is 0 Å². The summed E-state index contributed by atoms with van der Waals surface area (Å²) in [5, 5.41) is 11.5. The van der Waals surface area contributed by atoms with E-state index in [0.717, 1.165) is 6.07 Å². The number of ether oxygens (including phenoxy) is 2. The summed E-state index contributed by atoms with van der Waals surface area (Å²) >= 11 is 0. The van der Waals surface area contributed by atoms with Gasteiger partial charge in [-0.15, -0.1) is 0 Å². The van der Waals surface area contributed by atoms with Gasteiger partial charge in [-0.25, -0.2) is 13.6 Å². The van der Waals surface area contributed by atoms with E-state index in [1.165, 1.54) is 37.4 Å². The molecule has 206 valence electrons. The van der Waals surface area contributed by atoms with Gasteiger partial charge in [0.1, 0.15) is 23.2 Å². The van der Waals surface area contributed by atoms with E-state index in [0.29, 0.717) is 42.0 Å². The van der Waals surface area contributed by atoms with Gasteiger partial charge in [0.25, 0.3) is 5.69 Å². The highest BCUT2D eigenvalue weighted by atomic mass is 19.1. The molecule has 1 fully saturated rings. The molecule has 11 heteroatoms. The number of halogens is 2. The summed E-state index contributed by atoms with van der Waals surface area (Å²) in [4.78, 5) is 43.9. The van der Waals surface area contributed by atoms with Gasteiger partial charge < -0.3 is 9.47 Å². The third-order valence-corrected chi connectivity index (χ3v) is 7.13. The number of aliphatic imine (C=N–C) groups is 1. The zero-order valence-electron chi connectivity index (χ0n) is 22.1. The Hall–Kier alpha value is -3.99. The molecule has 4 rings (SSSR count). The molecular weight excluding hydrogens is 512 g/mol. The number of benzene rings is 2. The van der Waals surface area contributed by atoms with Crippen LogP contribution in [0.5, 0.6) is 0 Å². The molecule has 0 N–H and O–H groups in total. The van der Waals surface area contributed by atoms with Gasteiger partial charge in [0, 0.05) is 61.6 Å². The second kappa shape index (κ2) is 11.0. The standard InChI is InChI=1S/C28H29F2N3O6/c1-16-23(26(34)38-4)25(19-6-5-7-22(12-19)33(36)37)24(17(2)31-16)27(35)39-28(3)8-9-32(15-28)14-18-10-20(29)13-21(30)11-18/h5-7,10-13,23,25H,8-9,14-15H2,1-4H3/t23?,25-,28+/m0/s1. The Morgan fingerprint density at radius 1 is 1.18 bits per heavy atom. The number of non-ortho nitro benzene ring substituents is 1. The second-order valence-electron chi connectivity index (χ2n) is 10.2. The smallest absolute Gasteiger partial charge is 0.337 e. The van der Waals surface area contributed by atoms with Crippen molar-refractivity contribution < 1.29 is 32.8 Å². The van der Waals surface area contributed by atoms with Gasteiger partial charge in [0.15, 0.2) is 0 Å². The van der Waals surface area contributed by atoms with Gasteiger partial charge in [-0.2, -0.15) is 0 Å². The quantitative estimate of drug-likeness (QED) is 0.284. The van der Waals surface area contributed by atoms with Crippen LogP contribution in [0.2, 0.25) is 0 Å². The Morgan fingerprint density at radius 3 is 2.51 bits per heavy atom. The highest BCUT2D eigenvalue weighted by Crippen LogP contribution is 2.42. The summed E-state index contributed by atoms with van der Waals surface area (Å²) in [6, 6.07) is 9.10. The van der Waals surface area contributed by atoms with Crippen LogP contribution in [-0.4, -0.2) is 53.3 Å². The predicted octanol–water partition coefficient (Wildman–Crippen LogP) is 4.70. The highest BCUT2D eigenvalue weighted by Gasteiger charge is 2.45. The second-order valence-corrected chi connectivity index (χ2v) is 10.2. The summed E-state index contributed by atoms with van der Waals surface area (Å²) in [5.74, 6) is -4.57. The van der Waals surface area contributed by atoms with Gasteiger partial charge in [-0.3, -0.25) is 24.8 Å². The molecular formula is C28H29F2N3O6. The van der Waals surface area contributed by atoms with Gasteiger partial charge in [0.05, 0.1) is 17.6 Å². The van der Waals surface area contributed by atoms with Crippen LogP contribution in [0.25, 0.3) is 0 Å². The molecule has 39 heavy (non-hydrogen) atoms. The largest absolute Gasteiger partial charge is 0.468 e. The molecule has 2 heterocycles. The molecule has 0 aromatic heterocycles. The summed E-state index contributed by atoms with van der Waals surface area (Å²) in [5.41, 5.74) is 0.588. The number of nitrogens with zero attached hydrogens (tertiary/aromatic N) is 3. The van der Waals surface area contributed by atoms with Crippen LogP contribution in [0.15, 0.2) is 58.7 Å². The fraction of sp³-hybridized carbons (Fsp3) is 0.393. The van der Waals surface area contributed by atoms with Crippen LogP contribution >= 0.6 is 0 Å². The number of nitro benzene ring substituents is 1. The van der Waals surface area contributed by atoms with Gasteiger partial charge in [-0.1, -0.05) is 12.1 Å². The molecule has 9 nitrogen and oxygen atoms in total. The molecule has 2 aromatic rings. The van der Waals surface area contributed by atoms with Crippen molar-refractivity contribution in [1.29, 1.82) is 0 Å². The van der Waals surface area contributed by atoms with Gasteiger partial charge in [-0.05, 0) is 44.0 Å². The van der Waals surface area contributed by atoms with E-state index in [1.807, 2.05) is 4.90 Å². The number of esters is 2. The Labute approximate surface area is 224 Å². The molecule has 1 saturated heterocycles. The summed E-state index contributed by atoms with van der Waals surface area (Å²) in [6.07, 6.45) is 0.465. The Balaban J connectivity index is 1.63. The normalized spacial score (nSPS) is 23.4. The van der Waals surface area contributed by atoms with E-state index in [9.17, 15) is 28.5 Å². The van der Waals surface area contributed by atoms with Crippen molar-refractivity contribution in [3.63, 3.8) is 0 Å². The number of carbonyl (C=O) groups is 2. The number of rotatable bonds is 7. The van der Waals surface area contributed by atoms with Gasteiger partial charge >= 0.3 is 11.9 Å². The van der Waals surface area contributed by atoms with Crippen LogP contribution in [0.4, 0.5) is 14.5 Å². The van der Waals surface area contributed by atoms with E-state index >= 15 is 0 Å². The number of hydrogen-bond acceptors (Lipinski definition) is 8. The molecule has 0 amide bonds. The molecule has 1 unspecified atom stereocenters. The molecule has 2 aliphatic rings. The number of carbonyl (C=O) groups excluding carboxylic acids is 2. The van der Waals surface area contributed by atoms with Crippen molar-refractivity contribution in [3.05, 3.63) is 86.6 Å². The van der Waals surface area contributed by atoms with Crippen molar-refractivity contribution in [1.82, 2.24) is 4.90 Å². The molecule has 0 spiro atoms. The van der Waals surface area contributed by atoms with Crippen LogP contribution in [0.1, 0.15) is 44.2 Å². The summed E-state index contributed by atoms with van der Waals surface area (Å²) < 4.78 is 38.3. The van der Waals surface area contributed by atoms with E-state index in [1.54, 1.807) is 26.8 Å². The first kappa shape index (κ1) is 28.0. The lowest BCUT2D eigenvalue weighted by Gasteiger charge is -2.33. The molecule has 0 aliphatic carbocycles. The minimum atomic E-state index is -0.987. The van der Waals surface area contributed by atoms with Crippen LogP contribution in [0, 0.1) is 27.7 Å². The minimum Gasteiger partial charge on any atom is -0.468 e. The molecule has 2 aromatic carbocycles. The van der Waals surface area contributed by atoms with Crippen LogP contribution in [-0.2, 0) is 25.6 Å². The zero-order valence-corrected chi connectivity index (χ0v) is 22.1. The number of likely N-dealkylation sites (tertiary alicyclic amines) is 1. The first-order chi connectivity index (χ1) is 18.4. The van der Waals surface area contributed by atoms with Crippen LogP contribution in [0.3, 0.4) is 0 Å². The first-order valence-corrected chi connectivity index (χ1v) is 12.4. The first-order valence-electron chi connectivity index (χ1n) is 12.4. The monoisotopic (exact) mass is 541 g/mol. The molecule has 0 saturated carbocycles. The van der Waals surface area contributed by atoms with E-state index in [4.69, 9.17) is 9.47 Å². The number of methoxy groups -OCH3 is 1. The number of nitro groups is 1. The molecule has 3 atom stereocenters. The molecule has 2 aliphatic heterocycles. The number of allylic oxidation sites excluding steroid dienone is 1. The topological polar surface area (TPSA) is 111 Å². The summed E-state index contributed by atoms with van der Waals surface area (Å²) in [7, 11) is 1.22. The predicted molar refractivity (Wildman–Crippen MR) is 138 cm³/mol. The third kappa shape index (κ3) is 6.03. The lowest BCUT2D eigenvalue weighted by Crippen LogP contribution is -2.40. The maximum absolute atomic E-state index is 13.7. The average molecular weight is 542 g/mol. The fourth-order valence-corrected chi connectivity index (χ4v) is 5.41. The maximum atomic E-state index is 13.7. The Kier molecular flexibility index (Phi) is 7.91. The van der Waals surface area contributed by atoms with Crippen molar-refractivity contribution in [2.45, 2.75) is 45.3 Å². The maximum Gasteiger partial charge on any atom is 0.337 e. The zero-order chi connectivity index (χ0) is 28.5. The van der Waals surface area contributed by atoms with E-state index < -0.39 is 45.9 Å². The third-order valence-electron chi connectivity index (χ3n) is 7.13. The van der Waals surface area contributed by atoms with Crippen molar-refractivity contribution in [3.8, 4) is 0 Å². The highest BCUT2D eigenvalue weighted by molar-refractivity contribution is 6.07. The molecule has 0 bridgehead atoms. The Morgan fingerprint density at radius 2 is 1.87 bits per heavy atom. The van der Waals surface area contributed by atoms with Crippen molar-refractivity contribution in [2.24, 2.45) is 10.9 Å². The minimum absolute atomic E-state index is 0.114. The lowest BCUT2D eigenvalue weighted by molar-refractivity contribution is -0.384. The Bertz CT molecular complexity index is 1370. The summed E-state index contributed by atoms with van der Waals surface area (Å²) in [6.45, 7) is 6.14. The van der Waals surface area contributed by atoms with E-state index in [-0.39, 0.29) is 17.8 Å². The lowest BCUT2D eigenvalue weighted by atomic mass is 9.75.